The van der Waals surface area contributed by atoms with Crippen LogP contribution in [0.2, 0.25) is 0 Å². The Bertz CT molecular complexity index is 682. The molecule has 2 aromatic rings. The first-order valence-electron chi connectivity index (χ1n) is 6.59. The standard InChI is InChI=1S/C13H17BrN4O2S/c1-2-15-9-12-10-18(17-16-12)7-8-21(19,20)13-5-3-11(14)4-6-13/h3-6,10,15H,2,7-9H2,1H3. The van der Waals surface area contributed by atoms with Crippen molar-refractivity contribution in [1.29, 1.82) is 0 Å². The molecular weight excluding hydrogens is 356 g/mol. The summed E-state index contributed by atoms with van der Waals surface area (Å²) >= 11 is 3.29. The lowest BCUT2D eigenvalue weighted by Crippen LogP contribution is -2.14. The SMILES string of the molecule is CCNCc1cn(CCS(=O)(=O)c2ccc(Br)cc2)nn1. The van der Waals surface area contributed by atoms with E-state index in [2.05, 4.69) is 31.6 Å². The van der Waals surface area contributed by atoms with Crippen LogP contribution in [0.25, 0.3) is 0 Å². The van der Waals surface area contributed by atoms with Gasteiger partial charge in [-0.25, -0.2) is 8.42 Å². The van der Waals surface area contributed by atoms with Crippen molar-refractivity contribution in [2.75, 3.05) is 12.3 Å². The zero-order valence-corrected chi connectivity index (χ0v) is 14.1. The Morgan fingerprint density at radius 1 is 1.29 bits per heavy atom. The molecule has 1 aromatic heterocycles. The molecule has 6 nitrogen and oxygen atoms in total. The number of benzene rings is 1. The van der Waals surface area contributed by atoms with E-state index in [0.29, 0.717) is 11.4 Å². The van der Waals surface area contributed by atoms with Gasteiger partial charge in [-0.2, -0.15) is 0 Å². The van der Waals surface area contributed by atoms with E-state index in [0.717, 1.165) is 16.7 Å². The Kier molecular flexibility index (Phi) is 5.49. The highest BCUT2D eigenvalue weighted by atomic mass is 79.9. The third-order valence-corrected chi connectivity index (χ3v) is 5.14. The number of sulfone groups is 1. The first-order valence-corrected chi connectivity index (χ1v) is 9.04. The summed E-state index contributed by atoms with van der Waals surface area (Å²) in [5.74, 6) is -0.00135. The minimum atomic E-state index is -3.31. The Morgan fingerprint density at radius 3 is 2.67 bits per heavy atom. The van der Waals surface area contributed by atoms with Gasteiger partial charge in [-0.1, -0.05) is 28.1 Å². The van der Waals surface area contributed by atoms with Crippen LogP contribution in [-0.2, 0) is 22.9 Å². The van der Waals surface area contributed by atoms with E-state index in [1.54, 1.807) is 35.1 Å². The van der Waals surface area contributed by atoms with Crippen molar-refractivity contribution in [3.63, 3.8) is 0 Å². The Balaban J connectivity index is 1.98. The minimum Gasteiger partial charge on any atom is -0.311 e. The molecule has 0 spiro atoms. The molecule has 0 unspecified atom stereocenters. The predicted octanol–water partition coefficient (Wildman–Crippen LogP) is 1.62. The molecule has 1 N–H and O–H groups in total. The van der Waals surface area contributed by atoms with Crippen LogP contribution in [0.15, 0.2) is 39.8 Å². The number of aromatic nitrogens is 3. The predicted molar refractivity (Wildman–Crippen MR) is 83.6 cm³/mol. The summed E-state index contributed by atoms with van der Waals surface area (Å²) in [6, 6.07) is 6.63. The monoisotopic (exact) mass is 372 g/mol. The van der Waals surface area contributed by atoms with Gasteiger partial charge in [-0.15, -0.1) is 5.10 Å². The highest BCUT2D eigenvalue weighted by Gasteiger charge is 2.14. The second-order valence-electron chi connectivity index (χ2n) is 4.53. The van der Waals surface area contributed by atoms with Crippen molar-refractivity contribution in [3.8, 4) is 0 Å². The molecule has 1 heterocycles. The number of nitrogens with zero attached hydrogens (tertiary/aromatic N) is 3. The Labute approximate surface area is 132 Å². The molecule has 21 heavy (non-hydrogen) atoms. The van der Waals surface area contributed by atoms with Gasteiger partial charge in [-0.3, -0.25) is 4.68 Å². The zero-order valence-electron chi connectivity index (χ0n) is 11.7. The fourth-order valence-corrected chi connectivity index (χ4v) is 3.23. The average Bonchev–Trinajstić information content (AvgIpc) is 2.91. The topological polar surface area (TPSA) is 76.9 Å². The molecule has 0 fully saturated rings. The maximum atomic E-state index is 12.2. The molecule has 0 saturated heterocycles. The largest absolute Gasteiger partial charge is 0.311 e. The van der Waals surface area contributed by atoms with Crippen LogP contribution in [0.4, 0.5) is 0 Å². The normalized spacial score (nSPS) is 11.7. The smallest absolute Gasteiger partial charge is 0.180 e. The Hall–Kier alpha value is -1.25. The molecule has 8 heteroatoms. The zero-order chi connectivity index (χ0) is 15.3. The van der Waals surface area contributed by atoms with E-state index in [-0.39, 0.29) is 12.3 Å². The summed E-state index contributed by atoms with van der Waals surface area (Å²) in [5.41, 5.74) is 0.804. The van der Waals surface area contributed by atoms with Crippen LogP contribution in [0.5, 0.6) is 0 Å². The van der Waals surface area contributed by atoms with Crippen molar-refractivity contribution in [2.24, 2.45) is 0 Å². The average molecular weight is 373 g/mol. The summed E-state index contributed by atoms with van der Waals surface area (Å²) in [5, 5.41) is 11.1. The van der Waals surface area contributed by atoms with Gasteiger partial charge in [0.2, 0.25) is 0 Å². The summed E-state index contributed by atoms with van der Waals surface area (Å²) in [4.78, 5) is 0.318. The summed E-state index contributed by atoms with van der Waals surface area (Å²) < 4.78 is 26.8. The van der Waals surface area contributed by atoms with E-state index < -0.39 is 9.84 Å². The van der Waals surface area contributed by atoms with Gasteiger partial charge in [0.25, 0.3) is 0 Å². The Morgan fingerprint density at radius 2 is 2.00 bits per heavy atom. The second-order valence-corrected chi connectivity index (χ2v) is 7.55. The summed E-state index contributed by atoms with van der Waals surface area (Å²) in [6.07, 6.45) is 1.76. The van der Waals surface area contributed by atoms with Gasteiger partial charge in [0.15, 0.2) is 9.84 Å². The summed E-state index contributed by atoms with van der Waals surface area (Å²) in [6.45, 7) is 3.79. The number of aryl methyl sites for hydroxylation is 1. The lowest BCUT2D eigenvalue weighted by atomic mass is 10.4. The third-order valence-electron chi connectivity index (χ3n) is 2.90. The quantitative estimate of drug-likeness (QED) is 0.798. The van der Waals surface area contributed by atoms with E-state index >= 15 is 0 Å². The lowest BCUT2D eigenvalue weighted by molar-refractivity contribution is 0.575. The lowest BCUT2D eigenvalue weighted by Gasteiger charge is -2.04. The molecule has 0 aliphatic carbocycles. The van der Waals surface area contributed by atoms with Gasteiger partial charge in [-0.05, 0) is 30.8 Å². The van der Waals surface area contributed by atoms with Crippen molar-refractivity contribution in [1.82, 2.24) is 20.3 Å². The van der Waals surface area contributed by atoms with Crippen molar-refractivity contribution < 1.29 is 8.42 Å². The fourth-order valence-electron chi connectivity index (χ4n) is 1.76. The fraction of sp³-hybridized carbons (Fsp3) is 0.385. The van der Waals surface area contributed by atoms with Crippen LogP contribution in [0.3, 0.4) is 0 Å². The number of halogens is 1. The molecule has 1 aromatic carbocycles. The molecular formula is C13H17BrN4O2S. The molecule has 114 valence electrons. The molecule has 2 rings (SSSR count). The van der Waals surface area contributed by atoms with Crippen LogP contribution in [-0.4, -0.2) is 35.7 Å². The van der Waals surface area contributed by atoms with Crippen molar-refractivity contribution in [3.05, 3.63) is 40.6 Å². The number of hydrogen-bond donors (Lipinski definition) is 1. The first kappa shape index (κ1) is 16.1. The first-order chi connectivity index (χ1) is 10.0. The van der Waals surface area contributed by atoms with Crippen LogP contribution < -0.4 is 5.32 Å². The van der Waals surface area contributed by atoms with E-state index in [1.807, 2.05) is 6.92 Å². The maximum Gasteiger partial charge on any atom is 0.180 e. The molecule has 0 bridgehead atoms. The molecule has 0 aliphatic rings. The van der Waals surface area contributed by atoms with Crippen molar-refractivity contribution >= 4 is 25.8 Å². The summed E-state index contributed by atoms with van der Waals surface area (Å²) in [7, 11) is -3.31. The van der Waals surface area contributed by atoms with Gasteiger partial charge >= 0.3 is 0 Å². The molecule has 0 aliphatic heterocycles. The van der Waals surface area contributed by atoms with Crippen LogP contribution >= 0.6 is 15.9 Å². The van der Waals surface area contributed by atoms with Crippen molar-refractivity contribution in [2.45, 2.75) is 24.9 Å². The highest BCUT2D eigenvalue weighted by Crippen LogP contribution is 2.16. The van der Waals surface area contributed by atoms with E-state index in [1.165, 1.54) is 0 Å². The van der Waals surface area contributed by atoms with E-state index in [9.17, 15) is 8.42 Å². The van der Waals surface area contributed by atoms with Gasteiger partial charge in [0, 0.05) is 17.2 Å². The number of hydrogen-bond acceptors (Lipinski definition) is 5. The number of nitrogens with one attached hydrogen (secondary N) is 1. The van der Waals surface area contributed by atoms with Gasteiger partial charge in [0.1, 0.15) is 0 Å². The third kappa shape index (κ3) is 4.62. The van der Waals surface area contributed by atoms with Crippen LogP contribution in [0.1, 0.15) is 12.6 Å². The second kappa shape index (κ2) is 7.15. The molecule has 0 amide bonds. The van der Waals surface area contributed by atoms with E-state index in [4.69, 9.17) is 0 Å². The molecule has 0 saturated carbocycles. The molecule has 0 atom stereocenters. The highest BCUT2D eigenvalue weighted by molar-refractivity contribution is 9.10. The minimum absolute atomic E-state index is 0.00135. The number of rotatable bonds is 7. The van der Waals surface area contributed by atoms with Gasteiger partial charge < -0.3 is 5.32 Å². The van der Waals surface area contributed by atoms with Gasteiger partial charge in [0.05, 0.1) is 22.9 Å². The van der Waals surface area contributed by atoms with Crippen LogP contribution in [0, 0.1) is 0 Å². The maximum absolute atomic E-state index is 12.2. The molecule has 0 radical (unpaired) electrons.